The number of nitrogens with zero attached hydrogens (tertiary/aromatic N) is 1. The lowest BCUT2D eigenvalue weighted by atomic mass is 10.4. The Balaban J connectivity index is 2.89. The molecule has 0 unspecified atom stereocenters. The van der Waals surface area contributed by atoms with Crippen LogP contribution in [-0.2, 0) is 10.0 Å². The van der Waals surface area contributed by atoms with Crippen molar-refractivity contribution in [3.8, 4) is 0 Å². The molecule has 0 fully saturated rings. The average Bonchev–Trinajstić information content (AvgIpc) is 2.37. The average molecular weight is 316 g/mol. The number of rotatable bonds is 7. The minimum Gasteiger partial charge on any atom is -0.396 e. The van der Waals surface area contributed by atoms with Crippen molar-refractivity contribution in [2.24, 2.45) is 0 Å². The molecule has 1 heterocycles. The molecule has 8 nitrogen and oxygen atoms in total. The van der Waals surface area contributed by atoms with Crippen molar-refractivity contribution in [2.45, 2.75) is 31.2 Å². The molecule has 0 bridgehead atoms. The Labute approximate surface area is 124 Å². The Morgan fingerprint density at radius 1 is 1.43 bits per heavy atom. The van der Waals surface area contributed by atoms with Crippen LogP contribution in [0, 0.1) is 0 Å². The van der Waals surface area contributed by atoms with E-state index in [1.54, 1.807) is 13.8 Å². The predicted molar refractivity (Wildman–Crippen MR) is 78.4 cm³/mol. The van der Waals surface area contributed by atoms with Crippen molar-refractivity contribution < 1.29 is 18.3 Å². The van der Waals surface area contributed by atoms with Crippen LogP contribution in [0.5, 0.6) is 0 Å². The van der Waals surface area contributed by atoms with Gasteiger partial charge in [0.05, 0.1) is 5.69 Å². The summed E-state index contributed by atoms with van der Waals surface area (Å²) in [4.78, 5) is 15.2. The van der Waals surface area contributed by atoms with Crippen molar-refractivity contribution in [1.82, 2.24) is 15.0 Å². The molecule has 118 valence electrons. The van der Waals surface area contributed by atoms with Crippen LogP contribution in [-0.4, -0.2) is 43.7 Å². The number of carbonyl (C=O) groups is 1. The fourth-order valence-electron chi connectivity index (χ4n) is 1.51. The number of amides is 2. The highest BCUT2D eigenvalue weighted by Gasteiger charge is 2.21. The van der Waals surface area contributed by atoms with Gasteiger partial charge in [-0.1, -0.05) is 0 Å². The van der Waals surface area contributed by atoms with Crippen LogP contribution in [0.1, 0.15) is 20.3 Å². The van der Waals surface area contributed by atoms with E-state index in [4.69, 9.17) is 5.11 Å². The van der Waals surface area contributed by atoms with Crippen molar-refractivity contribution in [2.75, 3.05) is 18.5 Å². The number of hydrogen-bond donors (Lipinski definition) is 4. The standard InChI is InChI=1S/C12H20N4O4S/c1-9(2)15-12(18)16-21(19,20)11-8-13-6-4-10(11)14-5-3-7-17/h4,6,8-9,17H,3,5,7H2,1-2H3,(H,13,14)(H2,15,16,18). The summed E-state index contributed by atoms with van der Waals surface area (Å²) in [7, 11) is -4.02. The largest absolute Gasteiger partial charge is 0.396 e. The normalized spacial score (nSPS) is 11.2. The second-order valence-electron chi connectivity index (χ2n) is 4.61. The van der Waals surface area contributed by atoms with Gasteiger partial charge in [-0.3, -0.25) is 4.98 Å². The number of carbonyl (C=O) groups excluding carboxylic acids is 1. The first-order chi connectivity index (χ1) is 9.86. The molecular weight excluding hydrogens is 296 g/mol. The summed E-state index contributed by atoms with van der Waals surface area (Å²) in [5, 5.41) is 14.1. The van der Waals surface area contributed by atoms with Gasteiger partial charge in [0.15, 0.2) is 0 Å². The first-order valence-electron chi connectivity index (χ1n) is 6.49. The summed E-state index contributed by atoms with van der Waals surface area (Å²) in [6, 6.07) is 0.512. The van der Waals surface area contributed by atoms with E-state index in [-0.39, 0.29) is 17.5 Å². The Morgan fingerprint density at radius 3 is 2.76 bits per heavy atom. The van der Waals surface area contributed by atoms with Gasteiger partial charge in [-0.05, 0) is 26.3 Å². The highest BCUT2D eigenvalue weighted by molar-refractivity contribution is 7.90. The maximum absolute atomic E-state index is 12.2. The van der Waals surface area contributed by atoms with Gasteiger partial charge >= 0.3 is 6.03 Å². The van der Waals surface area contributed by atoms with Gasteiger partial charge in [0.2, 0.25) is 0 Å². The second-order valence-corrected chi connectivity index (χ2v) is 6.26. The third-order valence-electron chi connectivity index (χ3n) is 2.37. The number of aliphatic hydroxyl groups is 1. The number of nitrogens with one attached hydrogen (secondary N) is 3. The Hall–Kier alpha value is -1.87. The quantitative estimate of drug-likeness (QED) is 0.536. The van der Waals surface area contributed by atoms with E-state index in [2.05, 4.69) is 15.6 Å². The molecule has 0 aromatic carbocycles. The summed E-state index contributed by atoms with van der Waals surface area (Å²) < 4.78 is 26.3. The van der Waals surface area contributed by atoms with Crippen LogP contribution in [0.2, 0.25) is 0 Å². The molecule has 0 saturated heterocycles. The van der Waals surface area contributed by atoms with Crippen molar-refractivity contribution >= 4 is 21.7 Å². The minimum absolute atomic E-state index is 0.00475. The van der Waals surface area contributed by atoms with Crippen LogP contribution in [0.3, 0.4) is 0 Å². The first-order valence-corrected chi connectivity index (χ1v) is 7.97. The molecule has 1 rings (SSSR count). The zero-order chi connectivity index (χ0) is 15.9. The van der Waals surface area contributed by atoms with Crippen LogP contribution in [0.25, 0.3) is 0 Å². The van der Waals surface area contributed by atoms with Crippen LogP contribution >= 0.6 is 0 Å². The van der Waals surface area contributed by atoms with E-state index >= 15 is 0 Å². The van der Waals surface area contributed by atoms with E-state index < -0.39 is 16.1 Å². The van der Waals surface area contributed by atoms with Crippen molar-refractivity contribution in [3.63, 3.8) is 0 Å². The first kappa shape index (κ1) is 17.2. The molecule has 0 atom stereocenters. The smallest absolute Gasteiger partial charge is 0.328 e. The molecule has 0 spiro atoms. The Morgan fingerprint density at radius 2 is 2.14 bits per heavy atom. The molecule has 1 aromatic rings. The SMILES string of the molecule is CC(C)NC(=O)NS(=O)(=O)c1cnccc1NCCCO. The van der Waals surface area contributed by atoms with E-state index in [1.807, 2.05) is 4.72 Å². The number of hydrogen-bond acceptors (Lipinski definition) is 6. The maximum Gasteiger partial charge on any atom is 0.328 e. The van der Waals surface area contributed by atoms with Crippen molar-refractivity contribution in [3.05, 3.63) is 18.5 Å². The Kier molecular flexibility index (Phi) is 6.38. The number of anilines is 1. The summed E-state index contributed by atoms with van der Waals surface area (Å²) in [6.45, 7) is 3.84. The monoisotopic (exact) mass is 316 g/mol. The molecule has 0 aliphatic rings. The maximum atomic E-state index is 12.2. The Bertz CT molecular complexity index is 574. The third kappa shape index (κ3) is 5.56. The van der Waals surface area contributed by atoms with Crippen molar-refractivity contribution in [1.29, 1.82) is 0 Å². The van der Waals surface area contributed by atoms with Gasteiger partial charge < -0.3 is 15.7 Å². The molecular formula is C12H20N4O4S. The molecule has 0 radical (unpaired) electrons. The molecule has 4 N–H and O–H groups in total. The second kappa shape index (κ2) is 7.79. The summed E-state index contributed by atoms with van der Waals surface area (Å²) in [5.74, 6) is 0. The van der Waals surface area contributed by atoms with Gasteiger partial charge in [-0.25, -0.2) is 17.9 Å². The summed E-state index contributed by atoms with van der Waals surface area (Å²) in [5.41, 5.74) is 0.322. The molecule has 0 saturated carbocycles. The molecule has 0 aliphatic carbocycles. The highest BCUT2D eigenvalue weighted by Crippen LogP contribution is 2.19. The van der Waals surface area contributed by atoms with E-state index in [0.717, 1.165) is 6.20 Å². The fourth-order valence-corrected chi connectivity index (χ4v) is 2.55. The number of aliphatic hydroxyl groups excluding tert-OH is 1. The lowest BCUT2D eigenvalue weighted by molar-refractivity contribution is 0.243. The van der Waals surface area contributed by atoms with Crippen LogP contribution < -0.4 is 15.4 Å². The number of pyridine rings is 1. The molecule has 1 aromatic heterocycles. The number of sulfonamides is 1. The summed E-state index contributed by atoms with van der Waals surface area (Å²) >= 11 is 0. The van der Waals surface area contributed by atoms with Gasteiger partial charge in [0.25, 0.3) is 10.0 Å². The molecule has 9 heteroatoms. The fraction of sp³-hybridized carbons (Fsp3) is 0.500. The molecule has 0 aliphatic heterocycles. The predicted octanol–water partition coefficient (Wildman–Crippen LogP) is 0.272. The zero-order valence-corrected chi connectivity index (χ0v) is 12.8. The lowest BCUT2D eigenvalue weighted by Gasteiger charge is -2.14. The molecule has 21 heavy (non-hydrogen) atoms. The third-order valence-corrected chi connectivity index (χ3v) is 3.73. The van der Waals surface area contributed by atoms with Gasteiger partial charge in [0, 0.05) is 31.6 Å². The minimum atomic E-state index is -4.02. The van der Waals surface area contributed by atoms with Crippen LogP contribution in [0.4, 0.5) is 10.5 Å². The highest BCUT2D eigenvalue weighted by atomic mass is 32.2. The van der Waals surface area contributed by atoms with E-state index in [0.29, 0.717) is 18.7 Å². The van der Waals surface area contributed by atoms with Gasteiger partial charge in [-0.15, -0.1) is 0 Å². The van der Waals surface area contributed by atoms with E-state index in [1.165, 1.54) is 12.3 Å². The van der Waals surface area contributed by atoms with Gasteiger partial charge in [-0.2, -0.15) is 0 Å². The van der Waals surface area contributed by atoms with Gasteiger partial charge in [0.1, 0.15) is 4.90 Å². The van der Waals surface area contributed by atoms with E-state index in [9.17, 15) is 13.2 Å². The number of urea groups is 1. The lowest BCUT2D eigenvalue weighted by Crippen LogP contribution is -2.42. The number of aromatic nitrogens is 1. The molecule has 2 amide bonds. The summed E-state index contributed by atoms with van der Waals surface area (Å²) in [6.07, 6.45) is 3.07. The topological polar surface area (TPSA) is 120 Å². The zero-order valence-electron chi connectivity index (χ0n) is 12.0. The van der Waals surface area contributed by atoms with Crippen LogP contribution in [0.15, 0.2) is 23.4 Å².